The quantitative estimate of drug-likeness (QED) is 0.820. The summed E-state index contributed by atoms with van der Waals surface area (Å²) in [7, 11) is -3.89. The molecule has 0 radical (unpaired) electrons. The van der Waals surface area contributed by atoms with Crippen LogP contribution in [-0.2, 0) is 10.0 Å². The van der Waals surface area contributed by atoms with E-state index in [0.717, 1.165) is 11.6 Å². The van der Waals surface area contributed by atoms with Crippen molar-refractivity contribution in [1.29, 1.82) is 0 Å². The van der Waals surface area contributed by atoms with Crippen LogP contribution in [0.4, 0.5) is 4.39 Å². The van der Waals surface area contributed by atoms with Crippen LogP contribution in [-0.4, -0.2) is 15.0 Å². The maximum absolute atomic E-state index is 13.4. The van der Waals surface area contributed by atoms with Crippen LogP contribution in [0.2, 0.25) is 0 Å². The zero-order chi connectivity index (χ0) is 13.1. The van der Waals surface area contributed by atoms with Gasteiger partial charge >= 0.3 is 0 Å². The fraction of sp³-hybridized carbons (Fsp3) is 0.273. The van der Waals surface area contributed by atoms with Gasteiger partial charge in [0.1, 0.15) is 0 Å². The van der Waals surface area contributed by atoms with Crippen LogP contribution in [0, 0.1) is 5.82 Å². The Hall–Kier alpha value is -1.40. The molecular formula is C11H14FNO3S. The van der Waals surface area contributed by atoms with Crippen LogP contribution in [0.3, 0.4) is 0 Å². The summed E-state index contributed by atoms with van der Waals surface area (Å²) in [6, 6.07) is 3.29. The molecule has 0 atom stereocenters. The lowest BCUT2D eigenvalue weighted by molar-refractivity contribution is 0.304. The van der Waals surface area contributed by atoms with E-state index in [-0.39, 0.29) is 10.6 Å². The number of benzene rings is 1. The second-order valence-corrected chi connectivity index (χ2v) is 5.25. The molecule has 0 bridgehead atoms. The van der Waals surface area contributed by atoms with Gasteiger partial charge in [-0.05, 0) is 25.1 Å². The topological polar surface area (TPSA) is 69.4 Å². The van der Waals surface area contributed by atoms with Crippen molar-refractivity contribution in [2.24, 2.45) is 5.14 Å². The average molecular weight is 259 g/mol. The fourth-order valence-electron chi connectivity index (χ4n) is 1.11. The van der Waals surface area contributed by atoms with Crippen molar-refractivity contribution in [3.05, 3.63) is 36.2 Å². The highest BCUT2D eigenvalue weighted by Gasteiger charge is 2.12. The standard InChI is InChI=1S/C11H14FNO3S/c1-8(2)5-6-16-11-4-3-9(7-10(11)12)17(13,14)15/h3-4,7H,1,5-6H2,2H3,(H2,13,14,15). The highest BCUT2D eigenvalue weighted by Crippen LogP contribution is 2.20. The zero-order valence-corrected chi connectivity index (χ0v) is 10.3. The van der Waals surface area contributed by atoms with E-state index in [0.29, 0.717) is 13.0 Å². The lowest BCUT2D eigenvalue weighted by Crippen LogP contribution is -2.12. The Morgan fingerprint density at radius 2 is 2.18 bits per heavy atom. The highest BCUT2D eigenvalue weighted by atomic mass is 32.2. The molecule has 0 aromatic heterocycles. The van der Waals surface area contributed by atoms with E-state index in [1.54, 1.807) is 0 Å². The van der Waals surface area contributed by atoms with E-state index >= 15 is 0 Å². The van der Waals surface area contributed by atoms with Gasteiger partial charge in [-0.3, -0.25) is 0 Å². The second-order valence-electron chi connectivity index (χ2n) is 3.69. The zero-order valence-electron chi connectivity index (χ0n) is 9.44. The number of ether oxygens (including phenoxy) is 1. The van der Waals surface area contributed by atoms with Crippen LogP contribution >= 0.6 is 0 Å². The molecule has 0 aliphatic carbocycles. The van der Waals surface area contributed by atoms with E-state index in [2.05, 4.69) is 6.58 Å². The number of nitrogens with two attached hydrogens (primary N) is 1. The number of halogens is 1. The molecule has 0 fully saturated rings. The molecule has 94 valence electrons. The van der Waals surface area contributed by atoms with E-state index in [9.17, 15) is 12.8 Å². The van der Waals surface area contributed by atoms with E-state index in [1.165, 1.54) is 12.1 Å². The van der Waals surface area contributed by atoms with Gasteiger partial charge in [-0.25, -0.2) is 17.9 Å². The Balaban J connectivity index is 2.80. The van der Waals surface area contributed by atoms with Crippen LogP contribution in [0.15, 0.2) is 35.2 Å². The van der Waals surface area contributed by atoms with Gasteiger partial charge in [0.2, 0.25) is 10.0 Å². The number of sulfonamides is 1. The molecule has 2 N–H and O–H groups in total. The molecule has 0 aliphatic rings. The summed E-state index contributed by atoms with van der Waals surface area (Å²) >= 11 is 0. The number of primary sulfonamides is 1. The first-order valence-electron chi connectivity index (χ1n) is 4.90. The average Bonchev–Trinajstić information content (AvgIpc) is 2.18. The molecule has 0 spiro atoms. The number of rotatable bonds is 5. The van der Waals surface area contributed by atoms with Crippen LogP contribution < -0.4 is 9.88 Å². The molecular weight excluding hydrogens is 245 g/mol. The largest absolute Gasteiger partial charge is 0.490 e. The molecule has 6 heteroatoms. The minimum atomic E-state index is -3.89. The maximum Gasteiger partial charge on any atom is 0.238 e. The fourth-order valence-corrected chi connectivity index (χ4v) is 1.64. The maximum atomic E-state index is 13.4. The predicted molar refractivity (Wildman–Crippen MR) is 62.7 cm³/mol. The Morgan fingerprint density at radius 1 is 1.53 bits per heavy atom. The predicted octanol–water partition coefficient (Wildman–Crippen LogP) is 1.82. The Kier molecular flexibility index (Phi) is 4.25. The minimum absolute atomic E-state index is 0.00125. The molecule has 0 saturated carbocycles. The smallest absolute Gasteiger partial charge is 0.238 e. The molecule has 0 amide bonds. The van der Waals surface area contributed by atoms with Gasteiger partial charge in [0, 0.05) is 6.42 Å². The summed E-state index contributed by atoms with van der Waals surface area (Å²) in [6.45, 7) is 5.82. The van der Waals surface area contributed by atoms with Gasteiger partial charge in [-0.1, -0.05) is 5.57 Å². The van der Waals surface area contributed by atoms with Crippen LogP contribution in [0.25, 0.3) is 0 Å². The monoisotopic (exact) mass is 259 g/mol. The molecule has 1 aromatic rings. The minimum Gasteiger partial charge on any atom is -0.490 e. The third-order valence-corrected chi connectivity index (χ3v) is 2.93. The Labute approximate surface area is 99.9 Å². The highest BCUT2D eigenvalue weighted by molar-refractivity contribution is 7.89. The van der Waals surface area contributed by atoms with Crippen molar-refractivity contribution < 1.29 is 17.5 Å². The summed E-state index contributed by atoms with van der Waals surface area (Å²) in [5.74, 6) is -0.753. The first-order valence-corrected chi connectivity index (χ1v) is 6.45. The molecule has 0 aliphatic heterocycles. The molecule has 4 nitrogen and oxygen atoms in total. The van der Waals surface area contributed by atoms with Crippen molar-refractivity contribution in [3.63, 3.8) is 0 Å². The van der Waals surface area contributed by atoms with Gasteiger partial charge in [0.05, 0.1) is 11.5 Å². The lowest BCUT2D eigenvalue weighted by atomic mass is 10.2. The number of hydrogen-bond donors (Lipinski definition) is 1. The molecule has 1 rings (SSSR count). The Morgan fingerprint density at radius 3 is 2.65 bits per heavy atom. The van der Waals surface area contributed by atoms with Gasteiger partial charge < -0.3 is 4.74 Å². The van der Waals surface area contributed by atoms with Crippen molar-refractivity contribution in [2.45, 2.75) is 18.2 Å². The number of hydrogen-bond acceptors (Lipinski definition) is 3. The van der Waals surface area contributed by atoms with Crippen LogP contribution in [0.5, 0.6) is 5.75 Å². The van der Waals surface area contributed by atoms with Crippen molar-refractivity contribution in [2.75, 3.05) is 6.61 Å². The van der Waals surface area contributed by atoms with Gasteiger partial charge in [-0.15, -0.1) is 6.58 Å². The third-order valence-electron chi connectivity index (χ3n) is 2.02. The first kappa shape index (κ1) is 13.7. The van der Waals surface area contributed by atoms with Gasteiger partial charge in [-0.2, -0.15) is 0 Å². The van der Waals surface area contributed by atoms with Crippen LogP contribution in [0.1, 0.15) is 13.3 Å². The molecule has 17 heavy (non-hydrogen) atoms. The van der Waals surface area contributed by atoms with Crippen molar-refractivity contribution in [3.8, 4) is 5.75 Å². The molecule has 0 saturated heterocycles. The summed E-state index contributed by atoms with van der Waals surface area (Å²) in [4.78, 5) is -0.276. The van der Waals surface area contributed by atoms with E-state index in [4.69, 9.17) is 9.88 Å². The summed E-state index contributed by atoms with van der Waals surface area (Å²) < 4.78 is 40.5. The summed E-state index contributed by atoms with van der Waals surface area (Å²) in [5.41, 5.74) is 0.923. The summed E-state index contributed by atoms with van der Waals surface area (Å²) in [6.07, 6.45) is 0.608. The van der Waals surface area contributed by atoms with Gasteiger partial charge in [0.15, 0.2) is 11.6 Å². The molecule has 1 aromatic carbocycles. The molecule has 0 heterocycles. The third kappa shape index (κ3) is 4.16. The lowest BCUT2D eigenvalue weighted by Gasteiger charge is -2.07. The van der Waals surface area contributed by atoms with Crippen molar-refractivity contribution >= 4 is 10.0 Å². The first-order chi connectivity index (χ1) is 7.80. The molecule has 0 unspecified atom stereocenters. The second kappa shape index (κ2) is 5.29. The SMILES string of the molecule is C=C(C)CCOc1ccc(S(N)(=O)=O)cc1F. The van der Waals surface area contributed by atoms with E-state index in [1.807, 2.05) is 6.92 Å². The Bertz CT molecular complexity index is 526. The van der Waals surface area contributed by atoms with Crippen molar-refractivity contribution in [1.82, 2.24) is 0 Å². The summed E-state index contributed by atoms with van der Waals surface area (Å²) in [5, 5.41) is 4.87. The normalized spacial score (nSPS) is 11.2. The van der Waals surface area contributed by atoms with E-state index < -0.39 is 15.8 Å². The van der Waals surface area contributed by atoms with Gasteiger partial charge in [0.25, 0.3) is 0 Å².